The number of thiazole rings is 1. The van der Waals surface area contributed by atoms with Crippen LogP contribution in [0.2, 0.25) is 0 Å². The van der Waals surface area contributed by atoms with E-state index in [9.17, 15) is 18.5 Å². The Labute approximate surface area is 179 Å². The molecule has 1 aliphatic heterocycles. The zero-order valence-corrected chi connectivity index (χ0v) is 17.8. The van der Waals surface area contributed by atoms with Gasteiger partial charge < -0.3 is 4.90 Å². The summed E-state index contributed by atoms with van der Waals surface area (Å²) in [5.41, 5.74) is 1.72. The van der Waals surface area contributed by atoms with E-state index < -0.39 is 14.9 Å². The first kappa shape index (κ1) is 19.3. The van der Waals surface area contributed by atoms with Gasteiger partial charge in [0.15, 0.2) is 11.5 Å². The van der Waals surface area contributed by atoms with E-state index in [0.29, 0.717) is 27.3 Å². The Morgan fingerprint density at radius 3 is 2.71 bits per heavy atom. The molecule has 5 rings (SSSR count). The molecule has 0 atom stereocenters. The van der Waals surface area contributed by atoms with Gasteiger partial charge in [0.1, 0.15) is 4.90 Å². The van der Waals surface area contributed by atoms with Gasteiger partial charge in [-0.1, -0.05) is 23.5 Å². The number of nitro groups is 1. The maximum atomic E-state index is 13.0. The third-order valence-electron chi connectivity index (χ3n) is 4.83. The molecule has 31 heavy (non-hydrogen) atoms. The lowest BCUT2D eigenvalue weighted by Gasteiger charge is -2.27. The largest absolute Gasteiger partial charge is 0.326 e. The molecule has 2 aromatic heterocycles. The number of nitro benzene ring substituents is 1. The van der Waals surface area contributed by atoms with E-state index in [1.165, 1.54) is 18.2 Å². The van der Waals surface area contributed by atoms with Gasteiger partial charge in [0, 0.05) is 19.2 Å². The fourth-order valence-corrected chi connectivity index (χ4v) is 5.76. The second kappa shape index (κ2) is 6.65. The van der Waals surface area contributed by atoms with Crippen molar-refractivity contribution in [1.82, 2.24) is 14.2 Å². The van der Waals surface area contributed by atoms with E-state index in [-0.39, 0.29) is 21.5 Å². The summed E-state index contributed by atoms with van der Waals surface area (Å²) in [6.45, 7) is 1.65. The van der Waals surface area contributed by atoms with Gasteiger partial charge in [0.25, 0.3) is 15.7 Å². The van der Waals surface area contributed by atoms with Crippen molar-refractivity contribution in [1.29, 1.82) is 0 Å². The number of nitrogens with zero attached hydrogens (tertiary/aromatic N) is 7. The van der Waals surface area contributed by atoms with E-state index in [4.69, 9.17) is 0 Å². The molecular formula is C18H13N7O4S2. The smallest absolute Gasteiger partial charge is 0.287 e. The summed E-state index contributed by atoms with van der Waals surface area (Å²) in [5.74, 6) is 0.275. The van der Waals surface area contributed by atoms with Crippen LogP contribution in [0.15, 0.2) is 57.6 Å². The van der Waals surface area contributed by atoms with Gasteiger partial charge in [0.2, 0.25) is 5.13 Å². The molecule has 0 fully saturated rings. The normalized spacial score (nSPS) is 14.7. The lowest BCUT2D eigenvalue weighted by Crippen LogP contribution is -2.28. The van der Waals surface area contributed by atoms with E-state index in [2.05, 4.69) is 20.3 Å². The van der Waals surface area contributed by atoms with Crippen molar-refractivity contribution in [2.45, 2.75) is 11.8 Å². The number of hydrogen-bond donors (Lipinski definition) is 0. The van der Waals surface area contributed by atoms with Crippen LogP contribution in [-0.2, 0) is 10.0 Å². The molecule has 11 nitrogen and oxygen atoms in total. The van der Waals surface area contributed by atoms with Crippen LogP contribution in [0.4, 0.5) is 28.0 Å². The highest BCUT2D eigenvalue weighted by molar-refractivity contribution is 7.90. The van der Waals surface area contributed by atoms with Crippen molar-refractivity contribution in [2.24, 2.45) is 10.2 Å². The van der Waals surface area contributed by atoms with Gasteiger partial charge in [0.05, 0.1) is 26.5 Å². The average molecular weight is 455 g/mol. The molecule has 0 radical (unpaired) electrons. The van der Waals surface area contributed by atoms with Gasteiger partial charge in [-0.15, -0.1) is 14.3 Å². The Balaban J connectivity index is 1.60. The molecule has 0 amide bonds. The number of benzene rings is 2. The fraction of sp³-hybridized carbons (Fsp3) is 0.111. The number of rotatable bonds is 3. The molecule has 0 saturated heterocycles. The zero-order valence-electron chi connectivity index (χ0n) is 16.1. The van der Waals surface area contributed by atoms with Crippen LogP contribution >= 0.6 is 11.3 Å². The third-order valence-corrected chi connectivity index (χ3v) is 7.35. The topological polar surface area (TPSA) is 136 Å². The average Bonchev–Trinajstić information content (AvgIpc) is 3.31. The van der Waals surface area contributed by atoms with Crippen molar-refractivity contribution < 1.29 is 13.3 Å². The summed E-state index contributed by atoms with van der Waals surface area (Å²) in [5, 5.41) is 23.8. The minimum atomic E-state index is -3.87. The molecule has 0 bridgehead atoms. The van der Waals surface area contributed by atoms with Crippen molar-refractivity contribution in [3.8, 4) is 0 Å². The van der Waals surface area contributed by atoms with Crippen molar-refractivity contribution >= 4 is 59.6 Å². The Bertz CT molecular complexity index is 1520. The van der Waals surface area contributed by atoms with Crippen LogP contribution in [0.25, 0.3) is 10.2 Å². The van der Waals surface area contributed by atoms with Gasteiger partial charge in [-0.3, -0.25) is 10.1 Å². The SMILES string of the molecule is Cc1nn2c(c1N=Nc1nc3ccc([N+](=O)[O-])cc3s1)N(C)c1ccccc1S2(=O)=O. The Hall–Kier alpha value is -3.71. The molecule has 2 aromatic carbocycles. The first-order valence-corrected chi connectivity index (χ1v) is 11.2. The summed E-state index contributed by atoms with van der Waals surface area (Å²) in [6.07, 6.45) is 0. The Morgan fingerprint density at radius 1 is 1.16 bits per heavy atom. The van der Waals surface area contributed by atoms with Crippen LogP contribution in [0.3, 0.4) is 0 Å². The van der Waals surface area contributed by atoms with Crippen LogP contribution in [0, 0.1) is 17.0 Å². The summed E-state index contributed by atoms with van der Waals surface area (Å²) in [4.78, 5) is 16.7. The second-order valence-electron chi connectivity index (χ2n) is 6.74. The quantitative estimate of drug-likeness (QED) is 0.253. The number of hydrogen-bond acceptors (Lipinski definition) is 10. The number of anilines is 2. The molecule has 0 saturated carbocycles. The van der Waals surface area contributed by atoms with E-state index in [1.807, 2.05) is 0 Å². The standard InChI is InChI=1S/C18H13N7O4S2/c1-10-16(20-21-18-19-12-8-7-11(25(26)27)9-14(12)30-18)17-23(2)13-5-3-4-6-15(13)31(28,29)24(17)22-10/h3-9H,1-2H3. The molecule has 1 aliphatic rings. The molecule has 3 heterocycles. The summed E-state index contributed by atoms with van der Waals surface area (Å²) >= 11 is 1.15. The van der Waals surface area contributed by atoms with E-state index >= 15 is 0 Å². The lowest BCUT2D eigenvalue weighted by molar-refractivity contribution is -0.384. The maximum absolute atomic E-state index is 13.0. The molecule has 13 heteroatoms. The lowest BCUT2D eigenvalue weighted by atomic mass is 10.3. The summed E-state index contributed by atoms with van der Waals surface area (Å²) in [7, 11) is -2.13. The van der Waals surface area contributed by atoms with Gasteiger partial charge >= 0.3 is 0 Å². The highest BCUT2D eigenvalue weighted by atomic mass is 32.2. The molecule has 0 aliphatic carbocycles. The van der Waals surface area contributed by atoms with Gasteiger partial charge in [-0.25, -0.2) is 4.98 Å². The fourth-order valence-electron chi connectivity index (χ4n) is 3.37. The van der Waals surface area contributed by atoms with E-state index in [0.717, 1.165) is 15.4 Å². The number of fused-ring (bicyclic) bond motifs is 3. The molecule has 0 N–H and O–H groups in total. The molecular weight excluding hydrogens is 442 g/mol. The minimum absolute atomic E-state index is 0.0355. The number of aryl methyl sites for hydroxylation is 1. The molecule has 0 spiro atoms. The van der Waals surface area contributed by atoms with E-state index in [1.54, 1.807) is 43.1 Å². The number of aromatic nitrogens is 3. The van der Waals surface area contributed by atoms with Crippen LogP contribution in [0.1, 0.15) is 5.69 Å². The van der Waals surface area contributed by atoms with Crippen molar-refractivity contribution in [3.05, 3.63) is 58.3 Å². The van der Waals surface area contributed by atoms with Crippen LogP contribution in [-0.4, -0.2) is 34.6 Å². The number of non-ortho nitro benzene ring substituents is 1. The molecule has 0 unspecified atom stereocenters. The second-order valence-corrected chi connectivity index (χ2v) is 9.48. The number of para-hydroxylation sites is 1. The first-order valence-electron chi connectivity index (χ1n) is 8.92. The highest BCUT2D eigenvalue weighted by Crippen LogP contribution is 2.44. The monoisotopic (exact) mass is 455 g/mol. The van der Waals surface area contributed by atoms with Gasteiger partial charge in [-0.05, 0) is 25.1 Å². The minimum Gasteiger partial charge on any atom is -0.326 e. The highest BCUT2D eigenvalue weighted by Gasteiger charge is 2.36. The maximum Gasteiger partial charge on any atom is 0.287 e. The Kier molecular flexibility index (Phi) is 4.13. The first-order chi connectivity index (χ1) is 14.8. The molecule has 4 aromatic rings. The predicted molar refractivity (Wildman–Crippen MR) is 115 cm³/mol. The van der Waals surface area contributed by atoms with Crippen LogP contribution in [0.5, 0.6) is 0 Å². The third kappa shape index (κ3) is 2.89. The predicted octanol–water partition coefficient (Wildman–Crippen LogP) is 4.44. The van der Waals surface area contributed by atoms with Gasteiger partial charge in [-0.2, -0.15) is 13.5 Å². The Morgan fingerprint density at radius 2 is 1.94 bits per heavy atom. The summed E-state index contributed by atoms with van der Waals surface area (Å²) in [6, 6.07) is 11.0. The van der Waals surface area contributed by atoms with Crippen molar-refractivity contribution in [2.75, 3.05) is 11.9 Å². The van der Waals surface area contributed by atoms with Crippen LogP contribution < -0.4 is 4.90 Å². The molecule has 156 valence electrons. The zero-order chi connectivity index (χ0) is 21.9. The number of azo groups is 1. The van der Waals surface area contributed by atoms with Crippen molar-refractivity contribution in [3.63, 3.8) is 0 Å². The summed E-state index contributed by atoms with van der Waals surface area (Å²) < 4.78 is 27.6.